The Hall–Kier alpha value is -1.85. The first kappa shape index (κ1) is 16.5. The zero-order valence-electron chi connectivity index (χ0n) is 12.9. The van der Waals surface area contributed by atoms with E-state index in [0.29, 0.717) is 17.3 Å². The van der Waals surface area contributed by atoms with Crippen molar-refractivity contribution in [2.75, 3.05) is 13.7 Å². The average molecular weight is 322 g/mol. The Balaban J connectivity index is 1.99. The highest BCUT2D eigenvalue weighted by atomic mass is 35.5. The Morgan fingerprint density at radius 1 is 1.41 bits per heavy atom. The predicted molar refractivity (Wildman–Crippen MR) is 86.1 cm³/mol. The molecular weight excluding hydrogens is 302 g/mol. The maximum absolute atomic E-state index is 12.1. The van der Waals surface area contributed by atoms with E-state index in [9.17, 15) is 4.79 Å². The van der Waals surface area contributed by atoms with Crippen LogP contribution in [0.4, 0.5) is 0 Å². The smallest absolute Gasteiger partial charge is 0.271 e. The fourth-order valence-electron chi connectivity index (χ4n) is 2.07. The van der Waals surface area contributed by atoms with Crippen molar-refractivity contribution in [1.82, 2.24) is 15.1 Å². The molecule has 0 aliphatic rings. The van der Waals surface area contributed by atoms with Crippen molar-refractivity contribution in [3.05, 3.63) is 52.8 Å². The maximum atomic E-state index is 12.1. The van der Waals surface area contributed by atoms with Crippen LogP contribution in [0.15, 0.2) is 36.5 Å². The Labute approximate surface area is 135 Å². The van der Waals surface area contributed by atoms with Gasteiger partial charge in [-0.1, -0.05) is 23.7 Å². The number of benzene rings is 1. The molecule has 0 aliphatic heterocycles. The Morgan fingerprint density at radius 3 is 2.77 bits per heavy atom. The van der Waals surface area contributed by atoms with Crippen LogP contribution < -0.4 is 5.32 Å². The predicted octanol–water partition coefficient (Wildman–Crippen LogP) is 3.23. The van der Waals surface area contributed by atoms with Crippen molar-refractivity contribution >= 4 is 17.5 Å². The second-order valence-corrected chi connectivity index (χ2v) is 5.70. The number of amides is 1. The molecule has 0 saturated carbocycles. The molecule has 1 N–H and O–H groups in total. The monoisotopic (exact) mass is 321 g/mol. The van der Waals surface area contributed by atoms with E-state index in [4.69, 9.17) is 16.3 Å². The molecule has 1 amide bonds. The van der Waals surface area contributed by atoms with Gasteiger partial charge in [0.15, 0.2) is 0 Å². The number of methoxy groups -OCH3 is 1. The molecule has 0 bridgehead atoms. The van der Waals surface area contributed by atoms with E-state index in [1.54, 1.807) is 30.1 Å². The minimum atomic E-state index is -0.255. The lowest BCUT2D eigenvalue weighted by Gasteiger charge is -2.16. The van der Waals surface area contributed by atoms with E-state index in [1.807, 2.05) is 32.0 Å². The molecule has 0 saturated heterocycles. The first-order valence-corrected chi connectivity index (χ1v) is 7.50. The number of hydrogen-bond acceptors (Lipinski definition) is 3. The average Bonchev–Trinajstić information content (AvgIpc) is 2.98. The van der Waals surface area contributed by atoms with Gasteiger partial charge in [0.1, 0.15) is 5.69 Å². The molecule has 1 heterocycles. The van der Waals surface area contributed by atoms with Gasteiger partial charge in [0.2, 0.25) is 0 Å². The van der Waals surface area contributed by atoms with Crippen LogP contribution in [0.3, 0.4) is 0 Å². The van der Waals surface area contributed by atoms with Crippen LogP contribution in [0.2, 0.25) is 5.02 Å². The first-order valence-electron chi connectivity index (χ1n) is 7.13. The number of halogens is 1. The summed E-state index contributed by atoms with van der Waals surface area (Å²) in [6.45, 7) is 4.37. The lowest BCUT2D eigenvalue weighted by molar-refractivity contribution is 0.0823. The minimum absolute atomic E-state index is 0.219. The summed E-state index contributed by atoms with van der Waals surface area (Å²) in [5.74, 6) is -0.219. The number of nitrogens with zero attached hydrogens (tertiary/aromatic N) is 2. The van der Waals surface area contributed by atoms with Gasteiger partial charge in [0, 0.05) is 30.9 Å². The van der Waals surface area contributed by atoms with Gasteiger partial charge in [-0.05, 0) is 37.6 Å². The number of carbonyl (C=O) groups excluding carboxylic acids is 1. The van der Waals surface area contributed by atoms with Crippen molar-refractivity contribution in [1.29, 1.82) is 0 Å². The van der Waals surface area contributed by atoms with Gasteiger partial charge < -0.3 is 10.1 Å². The van der Waals surface area contributed by atoms with Gasteiger partial charge in [-0.3, -0.25) is 9.48 Å². The molecule has 0 fully saturated rings. The molecule has 2 rings (SSSR count). The standard InChI is InChI=1S/C16H20ClN3O2/c1-11(2)20-8-7-14(19-20)16(21)18-10-15(22-3)12-5-4-6-13(17)9-12/h4-9,11,15H,10H2,1-3H3,(H,18,21)/t15-/m1/s1. The van der Waals surface area contributed by atoms with Crippen molar-refractivity contribution < 1.29 is 9.53 Å². The summed E-state index contributed by atoms with van der Waals surface area (Å²) in [7, 11) is 1.60. The van der Waals surface area contributed by atoms with Crippen LogP contribution in [-0.2, 0) is 4.74 Å². The molecule has 1 aromatic heterocycles. The Kier molecular flexibility index (Phi) is 5.57. The largest absolute Gasteiger partial charge is 0.375 e. The Bertz CT molecular complexity index is 640. The highest BCUT2D eigenvalue weighted by Gasteiger charge is 2.15. The van der Waals surface area contributed by atoms with E-state index >= 15 is 0 Å². The van der Waals surface area contributed by atoms with Gasteiger partial charge >= 0.3 is 0 Å². The third-order valence-corrected chi connectivity index (χ3v) is 3.56. The van der Waals surface area contributed by atoms with Crippen LogP contribution in [0.25, 0.3) is 0 Å². The highest BCUT2D eigenvalue weighted by Crippen LogP contribution is 2.19. The van der Waals surface area contributed by atoms with Crippen LogP contribution in [0.1, 0.15) is 42.0 Å². The molecule has 0 radical (unpaired) electrons. The fourth-order valence-corrected chi connectivity index (χ4v) is 2.27. The molecule has 0 unspecified atom stereocenters. The SMILES string of the molecule is CO[C@H](CNC(=O)c1ccn(C(C)C)n1)c1cccc(Cl)c1. The number of nitrogens with one attached hydrogen (secondary N) is 1. The molecule has 0 aliphatic carbocycles. The molecule has 0 spiro atoms. The second-order valence-electron chi connectivity index (χ2n) is 5.26. The summed E-state index contributed by atoms with van der Waals surface area (Å²) in [4.78, 5) is 12.1. The van der Waals surface area contributed by atoms with Gasteiger partial charge in [0.05, 0.1) is 6.10 Å². The summed E-state index contributed by atoms with van der Waals surface area (Å²) in [5.41, 5.74) is 1.32. The van der Waals surface area contributed by atoms with Crippen molar-refractivity contribution in [2.45, 2.75) is 26.0 Å². The number of hydrogen-bond donors (Lipinski definition) is 1. The molecule has 2 aromatic rings. The van der Waals surface area contributed by atoms with Gasteiger partial charge in [0.25, 0.3) is 5.91 Å². The zero-order valence-corrected chi connectivity index (χ0v) is 13.7. The van der Waals surface area contributed by atoms with Gasteiger partial charge in [-0.2, -0.15) is 5.10 Å². The lowest BCUT2D eigenvalue weighted by Crippen LogP contribution is -2.29. The van der Waals surface area contributed by atoms with Crippen LogP contribution in [-0.4, -0.2) is 29.3 Å². The summed E-state index contributed by atoms with van der Waals surface area (Å²) in [6.07, 6.45) is 1.54. The van der Waals surface area contributed by atoms with E-state index in [1.165, 1.54) is 0 Å². The van der Waals surface area contributed by atoms with Crippen molar-refractivity contribution in [3.63, 3.8) is 0 Å². The minimum Gasteiger partial charge on any atom is -0.375 e. The third kappa shape index (κ3) is 4.08. The highest BCUT2D eigenvalue weighted by molar-refractivity contribution is 6.30. The summed E-state index contributed by atoms with van der Waals surface area (Å²) >= 11 is 5.98. The molecular formula is C16H20ClN3O2. The quantitative estimate of drug-likeness (QED) is 0.888. The van der Waals surface area contributed by atoms with Crippen LogP contribution in [0, 0.1) is 0 Å². The molecule has 5 nitrogen and oxygen atoms in total. The molecule has 1 aromatic carbocycles. The van der Waals surface area contributed by atoms with E-state index in [-0.39, 0.29) is 18.1 Å². The zero-order chi connectivity index (χ0) is 16.1. The van der Waals surface area contributed by atoms with E-state index in [0.717, 1.165) is 5.56 Å². The summed E-state index contributed by atoms with van der Waals surface area (Å²) in [6, 6.07) is 9.33. The third-order valence-electron chi connectivity index (χ3n) is 3.32. The number of carbonyl (C=O) groups is 1. The topological polar surface area (TPSA) is 56.1 Å². The molecule has 6 heteroatoms. The van der Waals surface area contributed by atoms with Crippen molar-refractivity contribution in [3.8, 4) is 0 Å². The van der Waals surface area contributed by atoms with Crippen LogP contribution in [0.5, 0.6) is 0 Å². The Morgan fingerprint density at radius 2 is 2.18 bits per heavy atom. The molecule has 1 atom stereocenters. The normalized spacial score (nSPS) is 12.4. The molecule has 22 heavy (non-hydrogen) atoms. The number of rotatable bonds is 6. The lowest BCUT2D eigenvalue weighted by atomic mass is 10.1. The van der Waals surface area contributed by atoms with Gasteiger partial charge in [-0.15, -0.1) is 0 Å². The molecule has 118 valence electrons. The summed E-state index contributed by atoms with van der Waals surface area (Å²) in [5, 5.41) is 7.72. The van der Waals surface area contributed by atoms with Crippen molar-refractivity contribution in [2.24, 2.45) is 0 Å². The van der Waals surface area contributed by atoms with Gasteiger partial charge in [-0.25, -0.2) is 0 Å². The second kappa shape index (κ2) is 7.42. The first-order chi connectivity index (χ1) is 10.5. The number of aromatic nitrogens is 2. The number of ether oxygens (including phenoxy) is 1. The van der Waals surface area contributed by atoms with E-state index < -0.39 is 0 Å². The summed E-state index contributed by atoms with van der Waals surface area (Å²) < 4.78 is 7.17. The maximum Gasteiger partial charge on any atom is 0.271 e. The van der Waals surface area contributed by atoms with E-state index in [2.05, 4.69) is 10.4 Å². The van der Waals surface area contributed by atoms with Crippen LogP contribution >= 0.6 is 11.6 Å². The fraction of sp³-hybridized carbons (Fsp3) is 0.375.